The van der Waals surface area contributed by atoms with E-state index in [-0.39, 0.29) is 6.04 Å². The molecule has 0 amide bonds. The van der Waals surface area contributed by atoms with Crippen LogP contribution in [0.4, 0.5) is 5.69 Å². The van der Waals surface area contributed by atoms with Crippen molar-refractivity contribution in [3.05, 3.63) is 84.0 Å². The van der Waals surface area contributed by atoms with E-state index in [0.717, 1.165) is 36.2 Å². The van der Waals surface area contributed by atoms with E-state index >= 15 is 0 Å². The number of pyridine rings is 1. The largest absolute Gasteiger partial charge is 0.327 e. The summed E-state index contributed by atoms with van der Waals surface area (Å²) in [7, 11) is 2.13. The van der Waals surface area contributed by atoms with Gasteiger partial charge >= 0.3 is 0 Å². The minimum Gasteiger partial charge on any atom is -0.327 e. The van der Waals surface area contributed by atoms with E-state index in [1.54, 1.807) is 6.20 Å². The molecule has 1 N–H and O–H groups in total. The normalized spacial score (nSPS) is 18.1. The third-order valence-electron chi connectivity index (χ3n) is 5.08. The van der Waals surface area contributed by atoms with Gasteiger partial charge in [0.2, 0.25) is 0 Å². The number of guanidine groups is 1. The second kappa shape index (κ2) is 8.07. The van der Waals surface area contributed by atoms with E-state index < -0.39 is 0 Å². The fourth-order valence-corrected chi connectivity index (χ4v) is 3.67. The zero-order chi connectivity index (χ0) is 19.3. The molecule has 0 saturated carbocycles. The van der Waals surface area contributed by atoms with Gasteiger partial charge in [0, 0.05) is 31.2 Å². The summed E-state index contributed by atoms with van der Waals surface area (Å²) in [5.74, 6) is 0.577. The van der Waals surface area contributed by atoms with Gasteiger partial charge in [-0.25, -0.2) is 0 Å². The van der Waals surface area contributed by atoms with Crippen molar-refractivity contribution in [2.24, 2.45) is 5.10 Å². The molecular weight excluding hydrogens is 348 g/mol. The molecule has 1 fully saturated rings. The molecule has 1 saturated heterocycles. The van der Waals surface area contributed by atoms with Crippen molar-refractivity contribution >= 4 is 22.5 Å². The lowest BCUT2D eigenvalue weighted by atomic mass is 10.0. The van der Waals surface area contributed by atoms with E-state index in [2.05, 4.69) is 61.5 Å². The molecular formula is C22H22N6. The number of hydrogen-bond donors (Lipinski definition) is 1. The highest BCUT2D eigenvalue weighted by molar-refractivity contribution is 6.02. The summed E-state index contributed by atoms with van der Waals surface area (Å²) >= 11 is 0. The number of nitrogens with one attached hydrogen (secondary N) is 1. The minimum absolute atomic E-state index is 0.126. The lowest BCUT2D eigenvalue weighted by Gasteiger charge is -2.41. The summed E-state index contributed by atoms with van der Waals surface area (Å²) in [6.45, 7) is 9.92. The average Bonchev–Trinajstić information content (AvgIpc) is 2.74. The van der Waals surface area contributed by atoms with E-state index in [9.17, 15) is 0 Å². The highest BCUT2D eigenvalue weighted by Crippen LogP contribution is 2.27. The minimum atomic E-state index is 0.126. The van der Waals surface area contributed by atoms with Crippen LogP contribution in [0.2, 0.25) is 0 Å². The van der Waals surface area contributed by atoms with Gasteiger partial charge in [0.25, 0.3) is 5.96 Å². The fourth-order valence-electron chi connectivity index (χ4n) is 3.67. The molecule has 1 unspecified atom stereocenters. The Bertz CT molecular complexity index is 1020. The van der Waals surface area contributed by atoms with Crippen LogP contribution in [-0.2, 0) is 0 Å². The van der Waals surface area contributed by atoms with Crippen LogP contribution in [0.1, 0.15) is 11.6 Å². The molecule has 6 nitrogen and oxygen atoms in total. The predicted octanol–water partition coefficient (Wildman–Crippen LogP) is 3.83. The Morgan fingerprint density at radius 1 is 1.11 bits per heavy atom. The molecule has 1 aliphatic rings. The van der Waals surface area contributed by atoms with Gasteiger partial charge in [0.15, 0.2) is 0 Å². The van der Waals surface area contributed by atoms with E-state index in [4.69, 9.17) is 6.57 Å². The molecule has 6 heteroatoms. The van der Waals surface area contributed by atoms with E-state index in [1.165, 1.54) is 5.56 Å². The van der Waals surface area contributed by atoms with Crippen LogP contribution in [0, 0.1) is 6.57 Å². The Hall–Kier alpha value is -3.43. The average molecular weight is 370 g/mol. The maximum atomic E-state index is 7.34. The Balaban J connectivity index is 1.70. The van der Waals surface area contributed by atoms with Crippen LogP contribution in [-0.4, -0.2) is 47.4 Å². The molecule has 3 aromatic rings. The Morgan fingerprint density at radius 3 is 2.79 bits per heavy atom. The molecule has 4 rings (SSSR count). The summed E-state index contributed by atoms with van der Waals surface area (Å²) in [6, 6.07) is 20.4. The number of aromatic nitrogens is 1. The van der Waals surface area contributed by atoms with E-state index in [0.29, 0.717) is 5.96 Å². The first-order valence-electron chi connectivity index (χ1n) is 9.31. The number of hydrogen-bond acceptors (Lipinski definition) is 3. The van der Waals surface area contributed by atoms with Crippen molar-refractivity contribution in [3.8, 4) is 0 Å². The SMILES string of the molecule is [C-]#[N+]/N=C(\Nc1cccc2ncccc12)N1CCN(C)CC1c1ccccc1. The maximum Gasteiger partial charge on any atom is 0.285 e. The monoisotopic (exact) mass is 370 g/mol. The highest BCUT2D eigenvalue weighted by atomic mass is 15.4. The molecule has 2 heterocycles. The first-order valence-corrected chi connectivity index (χ1v) is 9.31. The summed E-state index contributed by atoms with van der Waals surface area (Å²) in [6.07, 6.45) is 1.78. The number of rotatable bonds is 2. The highest BCUT2D eigenvalue weighted by Gasteiger charge is 2.30. The van der Waals surface area contributed by atoms with Gasteiger partial charge in [0.05, 0.1) is 17.2 Å². The molecule has 140 valence electrons. The molecule has 0 spiro atoms. The van der Waals surface area contributed by atoms with Gasteiger partial charge < -0.3 is 15.1 Å². The molecule has 0 radical (unpaired) electrons. The van der Waals surface area contributed by atoms with Crippen molar-refractivity contribution < 1.29 is 0 Å². The van der Waals surface area contributed by atoms with Crippen LogP contribution >= 0.6 is 0 Å². The smallest absolute Gasteiger partial charge is 0.285 e. The Kier molecular flexibility index (Phi) is 5.18. The van der Waals surface area contributed by atoms with Crippen LogP contribution in [0.15, 0.2) is 72.0 Å². The molecule has 0 bridgehead atoms. The molecule has 2 aromatic carbocycles. The number of likely N-dealkylation sites (N-methyl/N-ethyl adjacent to an activating group) is 1. The first kappa shape index (κ1) is 18.0. The van der Waals surface area contributed by atoms with Gasteiger partial charge in [-0.1, -0.05) is 36.4 Å². The number of anilines is 1. The fraction of sp³-hybridized carbons (Fsp3) is 0.227. The van der Waals surface area contributed by atoms with Crippen LogP contribution < -0.4 is 5.32 Å². The van der Waals surface area contributed by atoms with Crippen molar-refractivity contribution in [2.45, 2.75) is 6.04 Å². The molecule has 1 aliphatic heterocycles. The Morgan fingerprint density at radius 2 is 1.96 bits per heavy atom. The maximum absolute atomic E-state index is 7.34. The third-order valence-corrected chi connectivity index (χ3v) is 5.08. The second-order valence-corrected chi connectivity index (χ2v) is 6.91. The summed E-state index contributed by atoms with van der Waals surface area (Å²) < 4.78 is 0. The quantitative estimate of drug-likeness (QED) is 0.322. The van der Waals surface area contributed by atoms with Crippen LogP contribution in [0.3, 0.4) is 0 Å². The van der Waals surface area contributed by atoms with Gasteiger partial charge in [-0.3, -0.25) is 4.98 Å². The van der Waals surface area contributed by atoms with Gasteiger partial charge in [0.1, 0.15) is 5.10 Å². The summed E-state index contributed by atoms with van der Waals surface area (Å²) in [4.78, 5) is 12.3. The first-order chi connectivity index (χ1) is 13.8. The van der Waals surface area contributed by atoms with Gasteiger partial charge in [-0.2, -0.15) is 6.57 Å². The summed E-state index contributed by atoms with van der Waals surface area (Å²) in [5.41, 5.74) is 3.03. The van der Waals surface area contributed by atoms with Crippen LogP contribution in [0.25, 0.3) is 15.9 Å². The topological polar surface area (TPSA) is 48.1 Å². The lowest BCUT2D eigenvalue weighted by Crippen LogP contribution is -2.51. The third kappa shape index (κ3) is 3.66. The van der Waals surface area contributed by atoms with Crippen LogP contribution in [0.5, 0.6) is 0 Å². The van der Waals surface area contributed by atoms with Crippen molar-refractivity contribution in [3.63, 3.8) is 0 Å². The predicted molar refractivity (Wildman–Crippen MR) is 113 cm³/mol. The van der Waals surface area contributed by atoms with Crippen molar-refractivity contribution in [1.82, 2.24) is 14.8 Å². The number of nitrogens with zero attached hydrogens (tertiary/aromatic N) is 5. The molecule has 28 heavy (non-hydrogen) atoms. The van der Waals surface area contributed by atoms with Gasteiger partial charge in [-0.05, 0) is 36.9 Å². The molecule has 1 atom stereocenters. The second-order valence-electron chi connectivity index (χ2n) is 6.91. The number of benzene rings is 2. The van der Waals surface area contributed by atoms with E-state index in [1.807, 2.05) is 36.4 Å². The Labute approximate surface area is 164 Å². The molecule has 1 aromatic heterocycles. The standard InChI is InChI=1S/C22H22N6/c1-23-26-22(25-20-12-6-11-19-18(20)10-7-13-24-19)28-15-14-27(2)16-21(28)17-8-4-3-5-9-17/h3-13,21H,14-16H2,2H3,(H,25,26). The number of fused-ring (bicyclic) bond motifs is 1. The number of piperazine rings is 1. The zero-order valence-corrected chi connectivity index (χ0v) is 15.8. The molecule has 0 aliphatic carbocycles. The van der Waals surface area contributed by atoms with Crippen molar-refractivity contribution in [2.75, 3.05) is 32.0 Å². The summed E-state index contributed by atoms with van der Waals surface area (Å²) in [5, 5.41) is 8.55. The van der Waals surface area contributed by atoms with Gasteiger partial charge in [-0.15, -0.1) is 4.95 Å². The lowest BCUT2D eigenvalue weighted by molar-refractivity contribution is 0.151. The van der Waals surface area contributed by atoms with Crippen molar-refractivity contribution in [1.29, 1.82) is 0 Å². The zero-order valence-electron chi connectivity index (χ0n) is 15.8.